The number of benzene rings is 2. The van der Waals surface area contributed by atoms with Crippen molar-refractivity contribution in [2.45, 2.75) is 33.1 Å². The Morgan fingerprint density at radius 1 is 0.844 bits per heavy atom. The molecule has 32 heavy (non-hydrogen) atoms. The second-order valence-electron chi connectivity index (χ2n) is 7.85. The van der Waals surface area contributed by atoms with E-state index in [4.69, 9.17) is 20.4 Å². The molecule has 0 amide bonds. The average molecular weight is 427 g/mol. The number of hydrogen-bond acceptors (Lipinski definition) is 5. The van der Waals surface area contributed by atoms with Crippen LogP contribution in [0, 0.1) is 0 Å². The lowest BCUT2D eigenvalue weighted by Gasteiger charge is -2.15. The predicted molar refractivity (Wildman–Crippen MR) is 127 cm³/mol. The van der Waals surface area contributed by atoms with Crippen LogP contribution in [0.3, 0.4) is 0 Å². The van der Waals surface area contributed by atoms with Gasteiger partial charge in [-0.05, 0) is 25.5 Å². The van der Waals surface area contributed by atoms with Crippen LogP contribution < -0.4 is 11.3 Å². The molecule has 0 aliphatic carbocycles. The van der Waals surface area contributed by atoms with Crippen LogP contribution in [0.2, 0.25) is 0 Å². The highest BCUT2D eigenvalue weighted by molar-refractivity contribution is 5.78. The molecule has 0 saturated heterocycles. The Morgan fingerprint density at radius 2 is 1.50 bits per heavy atom. The van der Waals surface area contributed by atoms with E-state index in [0.29, 0.717) is 29.5 Å². The summed E-state index contributed by atoms with van der Waals surface area (Å²) in [5, 5.41) is 0. The summed E-state index contributed by atoms with van der Waals surface area (Å²) >= 11 is 0. The summed E-state index contributed by atoms with van der Waals surface area (Å²) in [4.78, 5) is 21.8. The molecule has 0 saturated carbocycles. The topological polar surface area (TPSA) is 83.0 Å². The lowest BCUT2D eigenvalue weighted by atomic mass is 10.0. The maximum Gasteiger partial charge on any atom is 0.250 e. The van der Waals surface area contributed by atoms with Crippen LogP contribution in [0.25, 0.3) is 22.5 Å². The maximum absolute atomic E-state index is 12.3. The lowest BCUT2D eigenvalue weighted by Crippen LogP contribution is -2.20. The maximum atomic E-state index is 12.3. The van der Waals surface area contributed by atoms with Crippen LogP contribution in [0.1, 0.15) is 31.1 Å². The van der Waals surface area contributed by atoms with Crippen LogP contribution in [-0.4, -0.2) is 14.5 Å². The van der Waals surface area contributed by atoms with Gasteiger partial charge in [0, 0.05) is 29.4 Å². The Hall–Kier alpha value is -3.77. The van der Waals surface area contributed by atoms with Gasteiger partial charge in [0.05, 0.1) is 24.6 Å². The molecule has 0 fully saturated rings. The fraction of sp³-hybridized carbons (Fsp3) is 0.192. The van der Waals surface area contributed by atoms with Gasteiger partial charge in [-0.15, -0.1) is 0 Å². The number of aromatic nitrogens is 3. The lowest BCUT2D eigenvalue weighted by molar-refractivity contribution is 0.105. The van der Waals surface area contributed by atoms with Gasteiger partial charge in [-0.1, -0.05) is 60.7 Å². The molecule has 0 atom stereocenters. The van der Waals surface area contributed by atoms with E-state index < -0.39 is 0 Å². The summed E-state index contributed by atoms with van der Waals surface area (Å²) < 4.78 is 7.55. The number of hydrogen-bond donors (Lipinski definition) is 1. The van der Waals surface area contributed by atoms with E-state index in [2.05, 4.69) is 0 Å². The molecule has 0 aliphatic rings. The Balaban J connectivity index is 1.74. The molecule has 0 radical (unpaired) electrons. The first kappa shape index (κ1) is 21.5. The van der Waals surface area contributed by atoms with E-state index in [-0.39, 0.29) is 18.2 Å². The highest BCUT2D eigenvalue weighted by Crippen LogP contribution is 2.30. The predicted octanol–water partition coefficient (Wildman–Crippen LogP) is 4.85. The van der Waals surface area contributed by atoms with E-state index in [1.54, 1.807) is 16.7 Å². The summed E-state index contributed by atoms with van der Waals surface area (Å²) in [7, 11) is 0. The molecule has 0 spiro atoms. The smallest absolute Gasteiger partial charge is 0.250 e. The molecule has 6 nitrogen and oxygen atoms in total. The molecule has 2 aromatic carbocycles. The molecule has 6 heteroatoms. The summed E-state index contributed by atoms with van der Waals surface area (Å²) in [6.07, 6.45) is 1.83. The van der Waals surface area contributed by atoms with Gasteiger partial charge < -0.3 is 15.0 Å². The molecule has 0 aliphatic heterocycles. The number of anilines is 1. The van der Waals surface area contributed by atoms with Crippen LogP contribution in [0.15, 0.2) is 83.8 Å². The molecule has 2 heterocycles. The second kappa shape index (κ2) is 9.58. The van der Waals surface area contributed by atoms with Crippen molar-refractivity contribution < 1.29 is 4.74 Å². The van der Waals surface area contributed by atoms with Gasteiger partial charge in [0.1, 0.15) is 11.5 Å². The standard InChI is InChI=1S/C26H26N4O2/c1-18(2)30-15-21(13-14-23(30)31)25-24(20-11-7-4-8-12-20)29-26(27)22(28-25)17-32-16-19-9-5-3-6-10-19/h3-15,18H,16-17H2,1-2H3,(H2,27,29). The Morgan fingerprint density at radius 3 is 2.19 bits per heavy atom. The third kappa shape index (κ3) is 4.76. The molecule has 4 rings (SSSR count). The Bertz CT molecular complexity index is 1250. The summed E-state index contributed by atoms with van der Waals surface area (Å²) in [5.41, 5.74) is 10.9. The molecule has 162 valence electrons. The van der Waals surface area contributed by atoms with E-state index in [1.165, 1.54) is 0 Å². The number of nitrogens with zero attached hydrogens (tertiary/aromatic N) is 3. The van der Waals surface area contributed by atoms with Crippen molar-refractivity contribution in [2.75, 3.05) is 5.73 Å². The molecular weight excluding hydrogens is 400 g/mol. The zero-order valence-electron chi connectivity index (χ0n) is 18.2. The highest BCUT2D eigenvalue weighted by Gasteiger charge is 2.17. The van der Waals surface area contributed by atoms with Crippen molar-refractivity contribution in [1.29, 1.82) is 0 Å². The van der Waals surface area contributed by atoms with Crippen molar-refractivity contribution in [2.24, 2.45) is 0 Å². The quantitative estimate of drug-likeness (QED) is 0.457. The minimum absolute atomic E-state index is 0.0260. The zero-order chi connectivity index (χ0) is 22.5. The van der Waals surface area contributed by atoms with Crippen LogP contribution >= 0.6 is 0 Å². The third-order valence-corrected chi connectivity index (χ3v) is 5.16. The van der Waals surface area contributed by atoms with Gasteiger partial charge in [-0.2, -0.15) is 0 Å². The molecule has 2 N–H and O–H groups in total. The molecule has 2 aromatic heterocycles. The summed E-state index contributed by atoms with van der Waals surface area (Å²) in [6, 6.07) is 23.1. The van der Waals surface area contributed by atoms with Crippen molar-refractivity contribution >= 4 is 5.82 Å². The van der Waals surface area contributed by atoms with Gasteiger partial charge in [-0.3, -0.25) is 4.79 Å². The van der Waals surface area contributed by atoms with Crippen molar-refractivity contribution in [3.05, 3.63) is 101 Å². The van der Waals surface area contributed by atoms with Crippen LogP contribution in [0.5, 0.6) is 0 Å². The van der Waals surface area contributed by atoms with E-state index in [1.807, 2.05) is 80.7 Å². The van der Waals surface area contributed by atoms with Gasteiger partial charge in [0.15, 0.2) is 0 Å². The van der Waals surface area contributed by atoms with Gasteiger partial charge in [0.25, 0.3) is 5.56 Å². The minimum Gasteiger partial charge on any atom is -0.382 e. The van der Waals surface area contributed by atoms with E-state index in [9.17, 15) is 4.79 Å². The fourth-order valence-corrected chi connectivity index (χ4v) is 3.47. The first-order valence-electron chi connectivity index (χ1n) is 10.6. The Labute approximate surface area is 187 Å². The van der Waals surface area contributed by atoms with E-state index in [0.717, 1.165) is 16.7 Å². The number of rotatable bonds is 7. The van der Waals surface area contributed by atoms with Gasteiger partial charge in [-0.25, -0.2) is 9.97 Å². The second-order valence-corrected chi connectivity index (χ2v) is 7.85. The number of nitrogens with two attached hydrogens (primary N) is 1. The average Bonchev–Trinajstić information content (AvgIpc) is 2.81. The highest BCUT2D eigenvalue weighted by atomic mass is 16.5. The SMILES string of the molecule is CC(C)n1cc(-c2nc(COCc3ccccc3)c(N)nc2-c2ccccc2)ccc1=O. The fourth-order valence-electron chi connectivity index (χ4n) is 3.47. The van der Waals surface area contributed by atoms with Gasteiger partial charge >= 0.3 is 0 Å². The number of nitrogen functional groups attached to an aromatic ring is 1. The Kier molecular flexibility index (Phi) is 6.42. The molecular formula is C26H26N4O2. The number of ether oxygens (including phenoxy) is 1. The molecule has 0 unspecified atom stereocenters. The normalized spacial score (nSPS) is 11.1. The van der Waals surface area contributed by atoms with Crippen LogP contribution in [0.4, 0.5) is 5.82 Å². The monoisotopic (exact) mass is 426 g/mol. The molecule has 0 bridgehead atoms. The van der Waals surface area contributed by atoms with Crippen molar-refractivity contribution in [3.8, 4) is 22.5 Å². The van der Waals surface area contributed by atoms with E-state index >= 15 is 0 Å². The third-order valence-electron chi connectivity index (χ3n) is 5.16. The summed E-state index contributed by atoms with van der Waals surface area (Å²) in [6.45, 7) is 4.64. The zero-order valence-corrected chi connectivity index (χ0v) is 18.2. The van der Waals surface area contributed by atoms with Gasteiger partial charge in [0.2, 0.25) is 0 Å². The van der Waals surface area contributed by atoms with Crippen molar-refractivity contribution in [3.63, 3.8) is 0 Å². The molecule has 4 aromatic rings. The number of pyridine rings is 1. The first-order valence-corrected chi connectivity index (χ1v) is 10.6. The van der Waals surface area contributed by atoms with Crippen LogP contribution in [-0.2, 0) is 18.0 Å². The van der Waals surface area contributed by atoms with Crippen molar-refractivity contribution in [1.82, 2.24) is 14.5 Å². The first-order chi connectivity index (χ1) is 15.5. The minimum atomic E-state index is -0.0557. The largest absolute Gasteiger partial charge is 0.382 e. The summed E-state index contributed by atoms with van der Waals surface area (Å²) in [5.74, 6) is 0.331.